The molecular weight excluding hydrogens is 408 g/mol. The van der Waals surface area contributed by atoms with Crippen molar-refractivity contribution in [2.75, 3.05) is 14.1 Å². The van der Waals surface area contributed by atoms with Crippen LogP contribution in [0.4, 0.5) is 0 Å². The summed E-state index contributed by atoms with van der Waals surface area (Å²) in [5.41, 5.74) is 2.94. The fraction of sp³-hybridized carbons (Fsp3) is 0.158. The van der Waals surface area contributed by atoms with E-state index in [4.69, 9.17) is 5.26 Å². The molecule has 4 rings (SSSR count). The Balaban J connectivity index is 2.06. The molecule has 0 aliphatic carbocycles. The van der Waals surface area contributed by atoms with Gasteiger partial charge in [0.2, 0.25) is 5.78 Å². The van der Waals surface area contributed by atoms with E-state index in [1.807, 2.05) is 43.3 Å². The molecule has 0 saturated carbocycles. The van der Waals surface area contributed by atoms with Gasteiger partial charge in [0.1, 0.15) is 6.33 Å². The topological polar surface area (TPSA) is 90.1 Å². The summed E-state index contributed by atoms with van der Waals surface area (Å²) >= 11 is 3.63. The second-order valence-corrected chi connectivity index (χ2v) is 7.29. The molecule has 4 aromatic rings. The molecule has 7 nitrogen and oxygen atoms in total. The molecular formula is C19H15BrN6O. The van der Waals surface area contributed by atoms with Crippen molar-refractivity contribution in [2.45, 2.75) is 6.04 Å². The number of aromatic amines is 1. The van der Waals surface area contributed by atoms with E-state index in [1.165, 1.54) is 0 Å². The van der Waals surface area contributed by atoms with E-state index in [0.29, 0.717) is 16.7 Å². The summed E-state index contributed by atoms with van der Waals surface area (Å²) in [6.45, 7) is 0. The minimum atomic E-state index is -0.220. The monoisotopic (exact) mass is 422 g/mol. The number of H-pyrrole nitrogens is 1. The lowest BCUT2D eigenvalue weighted by Crippen LogP contribution is -2.24. The van der Waals surface area contributed by atoms with Gasteiger partial charge in [-0.2, -0.15) is 5.26 Å². The number of hydrogen-bond donors (Lipinski definition) is 1. The maximum absolute atomic E-state index is 12.9. The van der Waals surface area contributed by atoms with E-state index >= 15 is 0 Å². The average molecular weight is 423 g/mol. The zero-order valence-corrected chi connectivity index (χ0v) is 16.2. The molecule has 0 aliphatic heterocycles. The molecule has 0 spiro atoms. The van der Waals surface area contributed by atoms with Gasteiger partial charge >= 0.3 is 0 Å². The summed E-state index contributed by atoms with van der Waals surface area (Å²) in [6, 6.07) is 13.2. The fourth-order valence-electron chi connectivity index (χ4n) is 3.41. The first-order valence-electron chi connectivity index (χ1n) is 8.22. The number of hydrogen-bond acceptors (Lipinski definition) is 5. The summed E-state index contributed by atoms with van der Waals surface area (Å²) in [7, 11) is 3.92. The Hall–Kier alpha value is -3.02. The number of halogens is 1. The Morgan fingerprint density at radius 3 is 2.63 bits per heavy atom. The molecule has 0 aliphatic rings. The van der Waals surface area contributed by atoms with Gasteiger partial charge in [-0.1, -0.05) is 28.1 Å². The number of benzene rings is 2. The molecule has 2 heterocycles. The van der Waals surface area contributed by atoms with Gasteiger partial charge in [0.25, 0.3) is 5.56 Å². The molecule has 134 valence electrons. The number of fused-ring (bicyclic) bond motifs is 3. The molecule has 1 atom stereocenters. The normalized spacial score (nSPS) is 12.6. The van der Waals surface area contributed by atoms with Gasteiger partial charge in [-0.3, -0.25) is 19.1 Å². The number of nitriles is 1. The zero-order valence-electron chi connectivity index (χ0n) is 14.6. The first kappa shape index (κ1) is 17.4. The SMILES string of the molecule is CN(C)C(c1ccc(C#N)cc1)c1c(Br)ccc2c1c(=O)[nH]c1nncn12. The second-order valence-electron chi connectivity index (χ2n) is 6.43. The summed E-state index contributed by atoms with van der Waals surface area (Å²) in [5.74, 6) is 0.403. The van der Waals surface area contributed by atoms with Crippen molar-refractivity contribution in [1.82, 2.24) is 24.5 Å². The van der Waals surface area contributed by atoms with E-state index in [1.54, 1.807) is 22.9 Å². The summed E-state index contributed by atoms with van der Waals surface area (Å²) in [4.78, 5) is 17.7. The Labute approximate surface area is 163 Å². The van der Waals surface area contributed by atoms with E-state index in [2.05, 4.69) is 37.2 Å². The summed E-state index contributed by atoms with van der Waals surface area (Å²) < 4.78 is 2.59. The molecule has 0 radical (unpaired) electrons. The highest BCUT2D eigenvalue weighted by Crippen LogP contribution is 2.36. The third-order valence-corrected chi connectivity index (χ3v) is 5.27. The van der Waals surface area contributed by atoms with Crippen molar-refractivity contribution in [2.24, 2.45) is 0 Å². The third-order valence-electron chi connectivity index (χ3n) is 4.58. The number of aromatic nitrogens is 4. The molecule has 2 aromatic carbocycles. The van der Waals surface area contributed by atoms with E-state index < -0.39 is 0 Å². The molecule has 0 fully saturated rings. The predicted octanol–water partition coefficient (Wildman–Crippen LogP) is 2.86. The van der Waals surface area contributed by atoms with Crippen LogP contribution in [0, 0.1) is 11.3 Å². The first-order valence-corrected chi connectivity index (χ1v) is 9.01. The predicted molar refractivity (Wildman–Crippen MR) is 106 cm³/mol. The van der Waals surface area contributed by atoms with Crippen molar-refractivity contribution >= 4 is 32.6 Å². The third kappa shape index (κ3) is 2.81. The Morgan fingerprint density at radius 1 is 1.22 bits per heavy atom. The zero-order chi connectivity index (χ0) is 19.1. The van der Waals surface area contributed by atoms with Crippen LogP contribution < -0.4 is 5.56 Å². The Bertz CT molecular complexity index is 1250. The van der Waals surface area contributed by atoms with Crippen LogP contribution in [-0.2, 0) is 0 Å². The highest BCUT2D eigenvalue weighted by molar-refractivity contribution is 9.10. The lowest BCUT2D eigenvalue weighted by Gasteiger charge is -2.27. The Morgan fingerprint density at radius 2 is 1.96 bits per heavy atom. The fourth-order valence-corrected chi connectivity index (χ4v) is 3.96. The lowest BCUT2D eigenvalue weighted by molar-refractivity contribution is 0.343. The van der Waals surface area contributed by atoms with E-state index in [-0.39, 0.29) is 11.6 Å². The minimum Gasteiger partial charge on any atom is -0.298 e. The number of rotatable bonds is 3. The van der Waals surface area contributed by atoms with Gasteiger partial charge < -0.3 is 0 Å². The highest BCUT2D eigenvalue weighted by Gasteiger charge is 2.24. The maximum atomic E-state index is 12.9. The molecule has 0 saturated heterocycles. The molecule has 27 heavy (non-hydrogen) atoms. The van der Waals surface area contributed by atoms with Crippen molar-refractivity contribution < 1.29 is 0 Å². The molecule has 0 amide bonds. The van der Waals surface area contributed by atoms with Gasteiger partial charge in [0.15, 0.2) is 0 Å². The van der Waals surface area contributed by atoms with Gasteiger partial charge in [-0.15, -0.1) is 10.2 Å². The molecule has 1 N–H and O–H groups in total. The average Bonchev–Trinajstić information content (AvgIpc) is 3.12. The van der Waals surface area contributed by atoms with E-state index in [9.17, 15) is 4.79 Å². The molecule has 8 heteroatoms. The first-order chi connectivity index (χ1) is 13.0. The maximum Gasteiger partial charge on any atom is 0.260 e. The van der Waals surface area contributed by atoms with Crippen molar-refractivity contribution in [3.05, 3.63) is 74.2 Å². The van der Waals surface area contributed by atoms with Gasteiger partial charge in [0.05, 0.1) is 28.6 Å². The lowest BCUT2D eigenvalue weighted by atomic mass is 9.94. The van der Waals surface area contributed by atoms with Gasteiger partial charge in [-0.05, 0) is 43.9 Å². The summed E-state index contributed by atoms with van der Waals surface area (Å²) in [5, 5.41) is 17.5. The minimum absolute atomic E-state index is 0.189. The van der Waals surface area contributed by atoms with Crippen LogP contribution in [0.25, 0.3) is 16.7 Å². The Kier molecular flexibility index (Phi) is 4.26. The standard InChI is InChI=1S/C19H15BrN6O/c1-25(2)17(12-5-3-11(9-21)4-6-12)15-13(20)7-8-14-16(15)18(27)23-19-24-22-10-26(14)19/h3-8,10,17H,1-2H3,(H,23,24,27). The van der Waals surface area contributed by atoms with Crippen LogP contribution in [0.2, 0.25) is 0 Å². The van der Waals surface area contributed by atoms with Crippen molar-refractivity contribution in [1.29, 1.82) is 5.26 Å². The quantitative estimate of drug-likeness (QED) is 0.548. The number of nitrogens with one attached hydrogen (secondary N) is 1. The van der Waals surface area contributed by atoms with E-state index in [0.717, 1.165) is 21.1 Å². The second kappa shape index (κ2) is 6.61. The largest absolute Gasteiger partial charge is 0.298 e. The van der Waals surface area contributed by atoms with Crippen LogP contribution in [0.1, 0.15) is 22.7 Å². The molecule has 1 unspecified atom stereocenters. The van der Waals surface area contributed by atoms with Crippen LogP contribution in [-0.4, -0.2) is 38.6 Å². The van der Waals surface area contributed by atoms with Gasteiger partial charge in [-0.25, -0.2) is 0 Å². The van der Waals surface area contributed by atoms with Crippen molar-refractivity contribution in [3.63, 3.8) is 0 Å². The molecule has 2 aromatic heterocycles. The molecule has 0 bridgehead atoms. The highest BCUT2D eigenvalue weighted by atomic mass is 79.9. The summed E-state index contributed by atoms with van der Waals surface area (Å²) in [6.07, 6.45) is 1.58. The smallest absolute Gasteiger partial charge is 0.260 e. The van der Waals surface area contributed by atoms with Crippen LogP contribution in [0.15, 0.2) is 52.0 Å². The van der Waals surface area contributed by atoms with Crippen LogP contribution in [0.5, 0.6) is 0 Å². The van der Waals surface area contributed by atoms with Crippen molar-refractivity contribution in [3.8, 4) is 6.07 Å². The van der Waals surface area contributed by atoms with Gasteiger partial charge in [0, 0.05) is 10.0 Å². The van der Waals surface area contributed by atoms with Crippen LogP contribution in [0.3, 0.4) is 0 Å². The number of nitrogens with zero attached hydrogens (tertiary/aromatic N) is 5. The van der Waals surface area contributed by atoms with Crippen LogP contribution >= 0.6 is 15.9 Å².